The van der Waals surface area contributed by atoms with Crippen LogP contribution in [0.15, 0.2) is 6.33 Å². The number of rotatable bonds is 5. The van der Waals surface area contributed by atoms with E-state index < -0.39 is 0 Å². The summed E-state index contributed by atoms with van der Waals surface area (Å²) in [5, 5.41) is 11.7. The van der Waals surface area contributed by atoms with Gasteiger partial charge in [0.2, 0.25) is 0 Å². The van der Waals surface area contributed by atoms with Gasteiger partial charge in [-0.25, -0.2) is 9.97 Å². The standard InChI is InChI=1S/C9H16N4O/c1-2-7-8(10)12-6-13-9(7)11-4-3-5-14/h6,14H,2-5H2,1H3,(H3,10,11,12,13). The molecule has 0 saturated carbocycles. The van der Waals surface area contributed by atoms with Crippen LogP contribution in [0.2, 0.25) is 0 Å². The molecule has 0 aliphatic rings. The zero-order chi connectivity index (χ0) is 10.4. The van der Waals surface area contributed by atoms with E-state index in [9.17, 15) is 0 Å². The molecule has 1 rings (SSSR count). The van der Waals surface area contributed by atoms with Crippen molar-refractivity contribution < 1.29 is 5.11 Å². The van der Waals surface area contributed by atoms with Gasteiger partial charge in [-0.05, 0) is 12.8 Å². The highest BCUT2D eigenvalue weighted by Crippen LogP contribution is 2.16. The zero-order valence-corrected chi connectivity index (χ0v) is 8.32. The third-order valence-corrected chi connectivity index (χ3v) is 1.96. The molecule has 0 atom stereocenters. The first-order chi connectivity index (χ1) is 6.79. The van der Waals surface area contributed by atoms with Crippen molar-refractivity contribution in [1.29, 1.82) is 0 Å². The summed E-state index contributed by atoms with van der Waals surface area (Å²) >= 11 is 0. The van der Waals surface area contributed by atoms with E-state index in [2.05, 4.69) is 15.3 Å². The maximum atomic E-state index is 8.63. The highest BCUT2D eigenvalue weighted by Gasteiger charge is 2.05. The summed E-state index contributed by atoms with van der Waals surface area (Å²) in [4.78, 5) is 8.01. The van der Waals surface area contributed by atoms with Crippen LogP contribution in [-0.4, -0.2) is 28.2 Å². The maximum absolute atomic E-state index is 8.63. The third kappa shape index (κ3) is 2.56. The van der Waals surface area contributed by atoms with Crippen LogP contribution >= 0.6 is 0 Å². The van der Waals surface area contributed by atoms with E-state index in [1.165, 1.54) is 6.33 Å². The van der Waals surface area contributed by atoms with Gasteiger partial charge in [0.25, 0.3) is 0 Å². The second-order valence-electron chi connectivity index (χ2n) is 2.94. The van der Waals surface area contributed by atoms with E-state index in [1.807, 2.05) is 6.92 Å². The van der Waals surface area contributed by atoms with E-state index in [4.69, 9.17) is 10.8 Å². The molecule has 0 aliphatic heterocycles. The summed E-state index contributed by atoms with van der Waals surface area (Å²) < 4.78 is 0. The number of aliphatic hydroxyl groups excluding tert-OH is 1. The van der Waals surface area contributed by atoms with Crippen LogP contribution in [0.1, 0.15) is 18.9 Å². The van der Waals surface area contributed by atoms with Gasteiger partial charge < -0.3 is 16.2 Å². The van der Waals surface area contributed by atoms with Crippen LogP contribution in [0.3, 0.4) is 0 Å². The average Bonchev–Trinajstić information content (AvgIpc) is 2.18. The topological polar surface area (TPSA) is 84.1 Å². The quantitative estimate of drug-likeness (QED) is 0.594. The molecule has 0 amide bonds. The Bertz CT molecular complexity index is 290. The Labute approximate surface area is 83.4 Å². The van der Waals surface area contributed by atoms with Crippen molar-refractivity contribution in [3.63, 3.8) is 0 Å². The van der Waals surface area contributed by atoms with Gasteiger partial charge >= 0.3 is 0 Å². The van der Waals surface area contributed by atoms with Gasteiger partial charge in [-0.3, -0.25) is 0 Å². The average molecular weight is 196 g/mol. The summed E-state index contributed by atoms with van der Waals surface area (Å²) in [7, 11) is 0. The van der Waals surface area contributed by atoms with E-state index >= 15 is 0 Å². The Balaban J connectivity index is 2.70. The first-order valence-corrected chi connectivity index (χ1v) is 4.73. The largest absolute Gasteiger partial charge is 0.396 e. The maximum Gasteiger partial charge on any atom is 0.134 e. The number of nitrogens with zero attached hydrogens (tertiary/aromatic N) is 2. The van der Waals surface area contributed by atoms with Crippen LogP contribution in [0, 0.1) is 0 Å². The van der Waals surface area contributed by atoms with Gasteiger partial charge in [0, 0.05) is 18.7 Å². The first-order valence-electron chi connectivity index (χ1n) is 4.73. The molecule has 0 radical (unpaired) electrons. The number of aliphatic hydroxyl groups is 1. The van der Waals surface area contributed by atoms with Gasteiger partial charge in [-0.1, -0.05) is 6.92 Å². The number of anilines is 2. The molecule has 0 fully saturated rings. The summed E-state index contributed by atoms with van der Waals surface area (Å²) in [5.74, 6) is 1.29. The molecule has 4 N–H and O–H groups in total. The number of hydrogen-bond acceptors (Lipinski definition) is 5. The van der Waals surface area contributed by atoms with Crippen LogP contribution in [-0.2, 0) is 6.42 Å². The highest BCUT2D eigenvalue weighted by molar-refractivity contribution is 5.54. The molecular weight excluding hydrogens is 180 g/mol. The van der Waals surface area contributed by atoms with E-state index in [-0.39, 0.29) is 6.61 Å². The number of nitrogen functional groups attached to an aromatic ring is 1. The summed E-state index contributed by atoms with van der Waals surface area (Å²) in [6.45, 7) is 2.88. The van der Waals surface area contributed by atoms with Crippen molar-refractivity contribution in [3.05, 3.63) is 11.9 Å². The molecule has 1 aromatic rings. The molecule has 0 aromatic carbocycles. The molecule has 78 valence electrons. The summed E-state index contributed by atoms with van der Waals surface area (Å²) in [6.07, 6.45) is 2.94. The molecule has 5 nitrogen and oxygen atoms in total. The third-order valence-electron chi connectivity index (χ3n) is 1.96. The molecule has 0 spiro atoms. The zero-order valence-electron chi connectivity index (χ0n) is 8.32. The van der Waals surface area contributed by atoms with Gasteiger partial charge in [-0.15, -0.1) is 0 Å². The number of nitrogens with two attached hydrogens (primary N) is 1. The molecule has 0 unspecified atom stereocenters. The Kier molecular flexibility index (Phi) is 4.12. The summed E-state index contributed by atoms with van der Waals surface area (Å²) in [6, 6.07) is 0. The first kappa shape index (κ1) is 10.7. The molecule has 0 saturated heterocycles. The summed E-state index contributed by atoms with van der Waals surface area (Å²) in [5.41, 5.74) is 6.63. The highest BCUT2D eigenvalue weighted by atomic mass is 16.3. The Morgan fingerprint density at radius 1 is 1.50 bits per heavy atom. The van der Waals surface area contributed by atoms with Gasteiger partial charge in [0.15, 0.2) is 0 Å². The molecule has 1 heterocycles. The van der Waals surface area contributed by atoms with Crippen LogP contribution in [0.25, 0.3) is 0 Å². The molecule has 1 aromatic heterocycles. The number of aromatic nitrogens is 2. The van der Waals surface area contributed by atoms with Crippen molar-refractivity contribution in [1.82, 2.24) is 9.97 Å². The van der Waals surface area contributed by atoms with Crippen molar-refractivity contribution in [2.24, 2.45) is 0 Å². The lowest BCUT2D eigenvalue weighted by atomic mass is 10.2. The SMILES string of the molecule is CCc1c(N)ncnc1NCCCO. The van der Waals surface area contributed by atoms with E-state index in [1.54, 1.807) is 0 Å². The predicted molar refractivity (Wildman–Crippen MR) is 56.0 cm³/mol. The lowest BCUT2D eigenvalue weighted by Crippen LogP contribution is -2.09. The van der Waals surface area contributed by atoms with E-state index in [0.717, 1.165) is 17.8 Å². The van der Waals surface area contributed by atoms with Crippen LogP contribution in [0.5, 0.6) is 0 Å². The fourth-order valence-electron chi connectivity index (χ4n) is 1.21. The fraction of sp³-hybridized carbons (Fsp3) is 0.556. The molecule has 0 aliphatic carbocycles. The lowest BCUT2D eigenvalue weighted by molar-refractivity contribution is 0.292. The molecule has 14 heavy (non-hydrogen) atoms. The van der Waals surface area contributed by atoms with Gasteiger partial charge in [0.1, 0.15) is 18.0 Å². The van der Waals surface area contributed by atoms with E-state index in [0.29, 0.717) is 18.8 Å². The van der Waals surface area contributed by atoms with Gasteiger partial charge in [-0.2, -0.15) is 0 Å². The lowest BCUT2D eigenvalue weighted by Gasteiger charge is -2.09. The van der Waals surface area contributed by atoms with Crippen LogP contribution in [0.4, 0.5) is 11.6 Å². The van der Waals surface area contributed by atoms with Crippen molar-refractivity contribution in [2.75, 3.05) is 24.2 Å². The second-order valence-corrected chi connectivity index (χ2v) is 2.94. The van der Waals surface area contributed by atoms with Gasteiger partial charge in [0.05, 0.1) is 0 Å². The minimum atomic E-state index is 0.176. The predicted octanol–water partition coefficient (Wildman–Crippen LogP) is 0.416. The van der Waals surface area contributed by atoms with Crippen LogP contribution < -0.4 is 11.1 Å². The Morgan fingerprint density at radius 2 is 2.29 bits per heavy atom. The van der Waals surface area contributed by atoms with Crippen molar-refractivity contribution in [2.45, 2.75) is 19.8 Å². The monoisotopic (exact) mass is 196 g/mol. The number of nitrogens with one attached hydrogen (secondary N) is 1. The minimum Gasteiger partial charge on any atom is -0.396 e. The molecule has 0 bridgehead atoms. The molecular formula is C9H16N4O. The Hall–Kier alpha value is -1.36. The normalized spacial score (nSPS) is 10.1. The van der Waals surface area contributed by atoms with Crippen molar-refractivity contribution in [3.8, 4) is 0 Å². The number of hydrogen-bond donors (Lipinski definition) is 3. The molecule has 5 heteroatoms. The minimum absolute atomic E-state index is 0.176. The second kappa shape index (κ2) is 5.39. The smallest absolute Gasteiger partial charge is 0.134 e. The Morgan fingerprint density at radius 3 is 2.93 bits per heavy atom. The fourth-order valence-corrected chi connectivity index (χ4v) is 1.21. The van der Waals surface area contributed by atoms with Crippen molar-refractivity contribution >= 4 is 11.6 Å².